The Labute approximate surface area is 290 Å². The van der Waals surface area contributed by atoms with E-state index >= 15 is 0 Å². The molecular weight excluding hydrogens is 857 g/mol. The third kappa shape index (κ3) is 7.13. The number of nitriles is 1. The summed E-state index contributed by atoms with van der Waals surface area (Å²) in [5.41, 5.74) is -0.540. The summed E-state index contributed by atoms with van der Waals surface area (Å²) >= 11 is 11.0. The molecule has 0 N–H and O–H groups in total. The largest absolute Gasteiger partial charge is 0.487 e. The Kier molecular flexibility index (Phi) is 10.1. The van der Waals surface area contributed by atoms with Crippen LogP contribution in [0.15, 0.2) is 81.7 Å². The summed E-state index contributed by atoms with van der Waals surface area (Å²) in [6, 6.07) is 17.1. The van der Waals surface area contributed by atoms with Gasteiger partial charge >= 0.3 is 12.1 Å². The summed E-state index contributed by atoms with van der Waals surface area (Å²) in [7, 11) is 0. The molecule has 1 aromatic heterocycles. The van der Waals surface area contributed by atoms with Crippen LogP contribution in [0, 0.1) is 18.5 Å². The van der Waals surface area contributed by atoms with E-state index < -0.39 is 35.0 Å². The number of nitrogens with zero attached hydrogens (tertiary/aromatic N) is 3. The van der Waals surface area contributed by atoms with Crippen LogP contribution in [0.2, 0.25) is 5.02 Å². The van der Waals surface area contributed by atoms with E-state index in [9.17, 15) is 22.8 Å². The number of allylic oxidation sites excluding steroid dienone is 1. The molecule has 230 valence electrons. The topological polar surface area (TPSA) is 93.7 Å². The number of ether oxygens (including phenoxy) is 2. The minimum atomic E-state index is -5.00. The zero-order chi connectivity index (χ0) is 32.5. The summed E-state index contributed by atoms with van der Waals surface area (Å²) in [6.45, 7) is 1.57. The number of hydrogen-bond donors (Lipinski definition) is 0. The van der Waals surface area contributed by atoms with Crippen molar-refractivity contribution in [1.82, 2.24) is 4.57 Å². The van der Waals surface area contributed by atoms with Crippen LogP contribution in [-0.2, 0) is 16.1 Å². The summed E-state index contributed by atoms with van der Waals surface area (Å²) in [6.07, 6.45) is -3.43. The highest BCUT2D eigenvalue weighted by Gasteiger charge is 2.45. The Morgan fingerprint density at radius 1 is 1.13 bits per heavy atom. The van der Waals surface area contributed by atoms with Crippen LogP contribution in [0.4, 0.5) is 13.2 Å². The van der Waals surface area contributed by atoms with E-state index in [0.29, 0.717) is 21.9 Å². The van der Waals surface area contributed by atoms with Crippen LogP contribution in [0.5, 0.6) is 5.75 Å². The molecule has 0 spiro atoms. The standard InChI is InChI=1S/C31H19ClF3I2N3O4S/c1-2-43-29(42)24-25(19-7-9-20(32)10-8-19)40-28(41)23(45-30(40)39-27(24)31(33,34)35)13-18-11-21(36)26(22(37)12-18)44-15-17-5-3-16(14-38)4-6-17/h3-13,25H,2,15H2,1H3/b23-13-/t25-/m0/s1. The van der Waals surface area contributed by atoms with E-state index in [2.05, 4.69) is 56.2 Å². The molecule has 1 aliphatic rings. The molecule has 45 heavy (non-hydrogen) atoms. The van der Waals surface area contributed by atoms with Gasteiger partial charge in [0.15, 0.2) is 10.5 Å². The van der Waals surface area contributed by atoms with Crippen molar-refractivity contribution < 1.29 is 27.4 Å². The number of thiazole rings is 1. The van der Waals surface area contributed by atoms with Crippen LogP contribution in [-0.4, -0.2) is 23.3 Å². The number of fused-ring (bicyclic) bond motifs is 1. The molecule has 0 saturated carbocycles. The van der Waals surface area contributed by atoms with Gasteiger partial charge in [-0.25, -0.2) is 9.79 Å². The zero-order valence-corrected chi connectivity index (χ0v) is 28.9. The zero-order valence-electron chi connectivity index (χ0n) is 23.0. The number of carbonyl (C=O) groups is 1. The third-order valence-electron chi connectivity index (χ3n) is 6.57. The van der Waals surface area contributed by atoms with Gasteiger partial charge in [-0.15, -0.1) is 0 Å². The number of hydrogen-bond acceptors (Lipinski definition) is 7. The average molecular weight is 876 g/mol. The molecular formula is C31H19ClF3I2N3O4S. The van der Waals surface area contributed by atoms with Crippen LogP contribution < -0.4 is 19.6 Å². The van der Waals surface area contributed by atoms with Gasteiger partial charge in [-0.1, -0.05) is 47.2 Å². The minimum Gasteiger partial charge on any atom is -0.487 e. The Morgan fingerprint density at radius 3 is 2.36 bits per heavy atom. The number of carbonyl (C=O) groups excluding carboxylic acids is 1. The number of esters is 1. The SMILES string of the molecule is CCOC(=O)C1=C(C(F)(F)F)N=c2s/c(=C\c3cc(I)c(OCc4ccc(C#N)cc4)c(I)c3)c(=O)n2[C@H]1c1ccc(Cl)cc1. The van der Waals surface area contributed by atoms with Crippen molar-refractivity contribution in [1.29, 1.82) is 5.26 Å². The van der Waals surface area contributed by atoms with Crippen molar-refractivity contribution in [2.45, 2.75) is 25.7 Å². The van der Waals surface area contributed by atoms with E-state index in [1.165, 1.54) is 31.2 Å². The smallest absolute Gasteiger partial charge is 0.434 e. The minimum absolute atomic E-state index is 0.122. The van der Waals surface area contributed by atoms with Crippen LogP contribution in [0.1, 0.15) is 35.2 Å². The van der Waals surface area contributed by atoms with Gasteiger partial charge in [-0.05, 0) is 111 Å². The summed E-state index contributed by atoms with van der Waals surface area (Å²) in [5, 5.41) is 9.33. The molecule has 0 aliphatic carbocycles. The molecule has 1 aliphatic heterocycles. The fourth-order valence-corrected chi connectivity index (χ4v) is 7.84. The van der Waals surface area contributed by atoms with Gasteiger partial charge in [0.25, 0.3) is 5.56 Å². The van der Waals surface area contributed by atoms with Crippen LogP contribution >= 0.6 is 68.1 Å². The first-order chi connectivity index (χ1) is 21.4. The maximum atomic E-state index is 14.3. The molecule has 0 amide bonds. The van der Waals surface area contributed by atoms with Crippen molar-refractivity contribution in [3.05, 3.63) is 126 Å². The number of halogens is 6. The molecule has 5 rings (SSSR count). The van der Waals surface area contributed by atoms with Crippen molar-refractivity contribution in [3.8, 4) is 11.8 Å². The second-order valence-electron chi connectivity index (χ2n) is 9.53. The molecule has 1 atom stereocenters. The van der Waals surface area contributed by atoms with Crippen molar-refractivity contribution in [2.75, 3.05) is 6.61 Å². The van der Waals surface area contributed by atoms with Crippen molar-refractivity contribution in [2.24, 2.45) is 4.99 Å². The van der Waals surface area contributed by atoms with Gasteiger partial charge in [-0.2, -0.15) is 18.4 Å². The summed E-state index contributed by atoms with van der Waals surface area (Å²) < 4.78 is 56.7. The number of benzene rings is 3. The van der Waals surface area contributed by atoms with Gasteiger partial charge < -0.3 is 9.47 Å². The summed E-state index contributed by atoms with van der Waals surface area (Å²) in [4.78, 5) is 30.4. The van der Waals surface area contributed by atoms with Gasteiger partial charge in [0.05, 0.1) is 41.5 Å². The van der Waals surface area contributed by atoms with Gasteiger partial charge in [-0.3, -0.25) is 9.36 Å². The van der Waals surface area contributed by atoms with Gasteiger partial charge in [0.2, 0.25) is 0 Å². The lowest BCUT2D eigenvalue weighted by molar-refractivity contribution is -0.140. The van der Waals surface area contributed by atoms with E-state index in [1.54, 1.807) is 42.5 Å². The molecule has 0 bridgehead atoms. The highest BCUT2D eigenvalue weighted by Crippen LogP contribution is 2.38. The lowest BCUT2D eigenvalue weighted by Crippen LogP contribution is -2.41. The van der Waals surface area contributed by atoms with Gasteiger partial charge in [0.1, 0.15) is 12.4 Å². The average Bonchev–Trinajstić information content (AvgIpc) is 3.30. The Morgan fingerprint density at radius 2 is 1.78 bits per heavy atom. The number of aromatic nitrogens is 1. The lowest BCUT2D eigenvalue weighted by atomic mass is 9.95. The van der Waals surface area contributed by atoms with Crippen LogP contribution in [0.25, 0.3) is 6.08 Å². The number of alkyl halides is 3. The van der Waals surface area contributed by atoms with Crippen molar-refractivity contribution in [3.63, 3.8) is 0 Å². The maximum absolute atomic E-state index is 14.3. The Balaban J connectivity index is 1.60. The van der Waals surface area contributed by atoms with E-state index in [4.69, 9.17) is 26.3 Å². The molecule has 7 nitrogen and oxygen atoms in total. The summed E-state index contributed by atoms with van der Waals surface area (Å²) in [5.74, 6) is -0.598. The normalized spacial score (nSPS) is 14.9. The molecule has 4 aromatic rings. The molecule has 0 radical (unpaired) electrons. The highest BCUT2D eigenvalue weighted by molar-refractivity contribution is 14.1. The van der Waals surface area contributed by atoms with E-state index in [0.717, 1.165) is 28.6 Å². The van der Waals surface area contributed by atoms with E-state index in [-0.39, 0.29) is 28.1 Å². The maximum Gasteiger partial charge on any atom is 0.434 e. The highest BCUT2D eigenvalue weighted by atomic mass is 127. The number of rotatable bonds is 7. The molecule has 0 unspecified atom stereocenters. The molecule has 0 fully saturated rings. The fourth-order valence-electron chi connectivity index (χ4n) is 4.58. The molecule has 3 aromatic carbocycles. The Hall–Kier alpha value is -3.20. The first kappa shape index (κ1) is 33.2. The first-order valence-electron chi connectivity index (χ1n) is 13.1. The second kappa shape index (κ2) is 13.7. The molecule has 14 heteroatoms. The predicted octanol–water partition coefficient (Wildman–Crippen LogP) is 6.65. The van der Waals surface area contributed by atoms with Gasteiger partial charge in [0, 0.05) is 5.02 Å². The fraction of sp³-hybridized carbons (Fsp3) is 0.161. The second-order valence-corrected chi connectivity index (χ2v) is 13.3. The monoisotopic (exact) mass is 875 g/mol. The lowest BCUT2D eigenvalue weighted by Gasteiger charge is -2.26. The first-order valence-corrected chi connectivity index (χ1v) is 16.4. The quantitative estimate of drug-likeness (QED) is 0.153. The van der Waals surface area contributed by atoms with E-state index in [1.807, 2.05) is 0 Å². The predicted molar refractivity (Wildman–Crippen MR) is 180 cm³/mol. The Bertz CT molecular complexity index is 2030. The van der Waals surface area contributed by atoms with Crippen molar-refractivity contribution >= 4 is 80.2 Å². The molecule has 2 heterocycles. The molecule has 0 saturated heterocycles. The third-order valence-corrected chi connectivity index (χ3v) is 9.40. The van der Waals surface area contributed by atoms with Crippen LogP contribution in [0.3, 0.4) is 0 Å².